The maximum Gasteiger partial charge on any atom is 0.266 e. The van der Waals surface area contributed by atoms with Crippen LogP contribution in [-0.4, -0.2) is 36.9 Å². The lowest BCUT2D eigenvalue weighted by Crippen LogP contribution is -2.37. The summed E-state index contributed by atoms with van der Waals surface area (Å²) in [4.78, 5) is 22.9. The lowest BCUT2D eigenvalue weighted by Gasteiger charge is -2.27. The highest BCUT2D eigenvalue weighted by molar-refractivity contribution is 5.48. The van der Waals surface area contributed by atoms with Gasteiger partial charge in [-0.15, -0.1) is 0 Å². The second-order valence-corrected chi connectivity index (χ2v) is 6.33. The molecule has 128 valence electrons. The van der Waals surface area contributed by atoms with E-state index in [9.17, 15) is 4.79 Å². The van der Waals surface area contributed by atoms with Crippen molar-refractivity contribution >= 4 is 5.69 Å². The zero-order valence-electron chi connectivity index (χ0n) is 14.1. The molecule has 3 aromatic rings. The van der Waals surface area contributed by atoms with Crippen molar-refractivity contribution in [1.82, 2.24) is 24.3 Å². The minimum Gasteiger partial charge on any atom is -0.367 e. The van der Waals surface area contributed by atoms with Crippen molar-refractivity contribution in [2.75, 3.05) is 11.4 Å². The van der Waals surface area contributed by atoms with Crippen LogP contribution in [0.2, 0.25) is 0 Å². The Morgan fingerprint density at radius 3 is 2.96 bits per heavy atom. The average molecular weight is 336 g/mol. The van der Waals surface area contributed by atoms with E-state index in [4.69, 9.17) is 0 Å². The van der Waals surface area contributed by atoms with Crippen LogP contribution < -0.4 is 10.5 Å². The predicted molar refractivity (Wildman–Crippen MR) is 95.0 cm³/mol. The quantitative estimate of drug-likeness (QED) is 0.727. The van der Waals surface area contributed by atoms with Crippen molar-refractivity contribution in [2.24, 2.45) is 0 Å². The van der Waals surface area contributed by atoms with Crippen molar-refractivity contribution in [3.05, 3.63) is 65.2 Å². The van der Waals surface area contributed by atoms with Crippen molar-refractivity contribution in [3.63, 3.8) is 0 Å². The largest absolute Gasteiger partial charge is 0.367 e. The highest BCUT2D eigenvalue weighted by Gasteiger charge is 2.26. The molecule has 3 aromatic heterocycles. The van der Waals surface area contributed by atoms with Gasteiger partial charge in [0.05, 0.1) is 6.54 Å². The topological polar surface area (TPSA) is 68.8 Å². The van der Waals surface area contributed by atoms with Crippen molar-refractivity contribution in [1.29, 1.82) is 0 Å². The molecule has 0 radical (unpaired) electrons. The number of hydrogen-bond acceptors (Lipinski definition) is 5. The molecule has 1 unspecified atom stereocenters. The number of hydrogen-bond donors (Lipinski definition) is 0. The Hall–Kier alpha value is -2.96. The van der Waals surface area contributed by atoms with Gasteiger partial charge in [-0.25, -0.2) is 9.67 Å². The summed E-state index contributed by atoms with van der Waals surface area (Å²) in [5, 5.41) is 4.51. The summed E-state index contributed by atoms with van der Waals surface area (Å²) < 4.78 is 3.36. The van der Waals surface area contributed by atoms with Crippen LogP contribution in [-0.2, 0) is 6.54 Å². The third-order valence-electron chi connectivity index (χ3n) is 4.59. The summed E-state index contributed by atoms with van der Waals surface area (Å²) in [5.41, 5.74) is 2.08. The van der Waals surface area contributed by atoms with Crippen LogP contribution in [0.1, 0.15) is 18.5 Å². The summed E-state index contributed by atoms with van der Waals surface area (Å²) in [6.07, 6.45) is 9.19. The molecule has 0 bridgehead atoms. The first-order valence-electron chi connectivity index (χ1n) is 8.46. The molecule has 7 nitrogen and oxygen atoms in total. The van der Waals surface area contributed by atoms with Crippen molar-refractivity contribution < 1.29 is 0 Å². The molecule has 0 N–H and O–H groups in total. The monoisotopic (exact) mass is 336 g/mol. The average Bonchev–Trinajstić information content (AvgIpc) is 3.28. The Kier molecular flexibility index (Phi) is 4.05. The Morgan fingerprint density at radius 1 is 1.24 bits per heavy atom. The number of aryl methyl sites for hydroxylation is 1. The molecule has 1 atom stereocenters. The fourth-order valence-electron chi connectivity index (χ4n) is 3.38. The van der Waals surface area contributed by atoms with Crippen LogP contribution in [0.4, 0.5) is 5.69 Å². The van der Waals surface area contributed by atoms with Gasteiger partial charge in [-0.2, -0.15) is 5.10 Å². The molecule has 0 amide bonds. The van der Waals surface area contributed by atoms with Crippen LogP contribution in [0.15, 0.2) is 54.0 Å². The second kappa shape index (κ2) is 6.51. The molecule has 0 aliphatic carbocycles. The van der Waals surface area contributed by atoms with Gasteiger partial charge in [0.25, 0.3) is 5.56 Å². The number of pyridine rings is 1. The molecule has 1 saturated heterocycles. The molecular weight excluding hydrogens is 316 g/mol. The Bertz CT molecular complexity index is 917. The minimum absolute atomic E-state index is 0.0818. The van der Waals surface area contributed by atoms with E-state index >= 15 is 0 Å². The fourth-order valence-corrected chi connectivity index (χ4v) is 3.38. The predicted octanol–water partition coefficient (Wildman–Crippen LogP) is 1.80. The van der Waals surface area contributed by atoms with Crippen LogP contribution in [0.3, 0.4) is 0 Å². The first kappa shape index (κ1) is 15.6. The minimum atomic E-state index is -0.0818. The van der Waals surface area contributed by atoms with Gasteiger partial charge in [-0.1, -0.05) is 0 Å². The van der Waals surface area contributed by atoms with Crippen LogP contribution >= 0.6 is 0 Å². The van der Waals surface area contributed by atoms with Crippen LogP contribution in [0, 0.1) is 6.92 Å². The number of imidazole rings is 1. The lowest BCUT2D eigenvalue weighted by atomic mass is 10.2. The highest BCUT2D eigenvalue weighted by atomic mass is 16.1. The van der Waals surface area contributed by atoms with E-state index < -0.39 is 0 Å². The van der Waals surface area contributed by atoms with Gasteiger partial charge in [-0.05, 0) is 38.0 Å². The van der Waals surface area contributed by atoms with Gasteiger partial charge in [0.15, 0.2) is 5.82 Å². The van der Waals surface area contributed by atoms with Gasteiger partial charge in [0, 0.05) is 48.6 Å². The molecule has 1 fully saturated rings. The molecule has 25 heavy (non-hydrogen) atoms. The van der Waals surface area contributed by atoms with Gasteiger partial charge >= 0.3 is 0 Å². The first-order chi connectivity index (χ1) is 12.2. The van der Waals surface area contributed by atoms with E-state index in [1.807, 2.05) is 25.4 Å². The first-order valence-corrected chi connectivity index (χ1v) is 8.46. The van der Waals surface area contributed by atoms with E-state index in [2.05, 4.69) is 26.0 Å². The number of nitrogens with zero attached hydrogens (tertiary/aromatic N) is 6. The van der Waals surface area contributed by atoms with Gasteiger partial charge in [-0.3, -0.25) is 14.3 Å². The Morgan fingerprint density at radius 2 is 2.16 bits per heavy atom. The lowest BCUT2D eigenvalue weighted by molar-refractivity contribution is 0.486. The molecule has 4 rings (SSSR count). The molecule has 0 aromatic carbocycles. The zero-order chi connectivity index (χ0) is 17.2. The van der Waals surface area contributed by atoms with Crippen LogP contribution in [0.25, 0.3) is 5.82 Å². The standard InChI is InChI=1S/C18H20N6O/c1-14-11-15(6-7-20-14)23-9-2-3-16(23)12-24-18(25)5-4-17(21-24)22-10-8-19-13-22/h4-8,10-11,13,16H,2-3,9,12H2,1H3. The Labute approximate surface area is 145 Å². The van der Waals surface area contributed by atoms with Crippen LogP contribution in [0.5, 0.6) is 0 Å². The maximum absolute atomic E-state index is 12.3. The van der Waals surface area contributed by atoms with E-state index in [-0.39, 0.29) is 11.6 Å². The summed E-state index contributed by atoms with van der Waals surface area (Å²) in [7, 11) is 0. The van der Waals surface area contributed by atoms with Gasteiger partial charge < -0.3 is 4.90 Å². The third-order valence-corrected chi connectivity index (χ3v) is 4.59. The SMILES string of the molecule is Cc1cc(N2CCCC2Cn2nc(-n3ccnc3)ccc2=O)ccn1. The summed E-state index contributed by atoms with van der Waals surface area (Å²) in [6, 6.07) is 7.67. The van der Waals surface area contributed by atoms with Crippen molar-refractivity contribution in [3.8, 4) is 5.82 Å². The van der Waals surface area contributed by atoms with Gasteiger partial charge in [0.1, 0.15) is 6.33 Å². The fraction of sp³-hybridized carbons (Fsp3) is 0.333. The molecule has 4 heterocycles. The molecule has 1 aliphatic heterocycles. The molecular formula is C18H20N6O. The molecule has 1 aliphatic rings. The third kappa shape index (κ3) is 3.17. The summed E-state index contributed by atoms with van der Waals surface area (Å²) >= 11 is 0. The molecule has 7 heteroatoms. The van der Waals surface area contributed by atoms with E-state index in [0.29, 0.717) is 12.4 Å². The second-order valence-electron chi connectivity index (χ2n) is 6.33. The molecule has 0 saturated carbocycles. The summed E-state index contributed by atoms with van der Waals surface area (Å²) in [6.45, 7) is 3.56. The van der Waals surface area contributed by atoms with E-state index in [0.717, 1.165) is 30.8 Å². The maximum atomic E-state index is 12.3. The normalized spacial score (nSPS) is 17.2. The van der Waals surface area contributed by atoms with E-state index in [1.165, 1.54) is 0 Å². The molecule has 0 spiro atoms. The van der Waals surface area contributed by atoms with Gasteiger partial charge in [0.2, 0.25) is 0 Å². The summed E-state index contributed by atoms with van der Waals surface area (Å²) in [5.74, 6) is 0.696. The van der Waals surface area contributed by atoms with E-state index in [1.54, 1.807) is 33.9 Å². The van der Waals surface area contributed by atoms with Crippen molar-refractivity contribution in [2.45, 2.75) is 32.4 Å². The highest BCUT2D eigenvalue weighted by Crippen LogP contribution is 2.26. The smallest absolute Gasteiger partial charge is 0.266 e. The zero-order valence-corrected chi connectivity index (χ0v) is 14.1. The number of anilines is 1. The number of aromatic nitrogens is 5. The number of rotatable bonds is 4. The Balaban J connectivity index is 1.61.